The van der Waals surface area contributed by atoms with Gasteiger partial charge in [-0.2, -0.15) is 0 Å². The largest absolute Gasteiger partial charge is 0.495 e. The van der Waals surface area contributed by atoms with Crippen molar-refractivity contribution in [3.8, 4) is 5.75 Å². The van der Waals surface area contributed by atoms with Gasteiger partial charge in [-0.1, -0.05) is 36.9 Å². The molecule has 0 amide bonds. The summed E-state index contributed by atoms with van der Waals surface area (Å²) >= 11 is 6.04. The van der Waals surface area contributed by atoms with Crippen molar-refractivity contribution in [3.63, 3.8) is 0 Å². The summed E-state index contributed by atoms with van der Waals surface area (Å²) in [6, 6.07) is 6.46. The number of halogens is 1. The predicted molar refractivity (Wildman–Crippen MR) is 71.8 cm³/mol. The highest BCUT2D eigenvalue weighted by molar-refractivity contribution is 6.32. The Morgan fingerprint density at radius 1 is 1.47 bits per heavy atom. The number of rotatable bonds is 5. The molecule has 1 aromatic carbocycles. The molecule has 0 aliphatic heterocycles. The van der Waals surface area contributed by atoms with Crippen molar-refractivity contribution < 1.29 is 4.74 Å². The minimum atomic E-state index is 0.409. The number of benzene rings is 1. The highest BCUT2D eigenvalue weighted by Crippen LogP contribution is 2.36. The molecule has 1 atom stereocenters. The zero-order valence-electron chi connectivity index (χ0n) is 10.5. The third-order valence-electron chi connectivity index (χ3n) is 3.72. The Morgan fingerprint density at radius 2 is 2.24 bits per heavy atom. The minimum absolute atomic E-state index is 0.409. The molecular formula is C14H20ClNO. The van der Waals surface area contributed by atoms with E-state index in [1.165, 1.54) is 31.2 Å². The molecular weight excluding hydrogens is 234 g/mol. The molecule has 0 radical (unpaired) electrons. The molecule has 1 aliphatic carbocycles. The van der Waals surface area contributed by atoms with E-state index in [1.54, 1.807) is 7.11 Å². The molecule has 0 spiro atoms. The second-order valence-corrected chi connectivity index (χ2v) is 5.18. The van der Waals surface area contributed by atoms with E-state index >= 15 is 0 Å². The van der Waals surface area contributed by atoms with Crippen LogP contribution in [0.4, 0.5) is 0 Å². The second kappa shape index (κ2) is 5.74. The molecule has 2 rings (SSSR count). The van der Waals surface area contributed by atoms with Gasteiger partial charge in [-0.15, -0.1) is 0 Å². The van der Waals surface area contributed by atoms with Gasteiger partial charge in [0.05, 0.1) is 12.1 Å². The van der Waals surface area contributed by atoms with Crippen LogP contribution < -0.4 is 10.1 Å². The van der Waals surface area contributed by atoms with Crippen molar-refractivity contribution in [2.45, 2.75) is 31.7 Å². The molecule has 2 nitrogen and oxygen atoms in total. The molecule has 0 bridgehead atoms. The lowest BCUT2D eigenvalue weighted by Gasteiger charge is -2.30. The Labute approximate surface area is 108 Å². The molecule has 1 fully saturated rings. The first kappa shape index (κ1) is 12.7. The van der Waals surface area contributed by atoms with Crippen molar-refractivity contribution in [1.82, 2.24) is 5.32 Å². The summed E-state index contributed by atoms with van der Waals surface area (Å²) in [7, 11) is 3.68. The highest BCUT2D eigenvalue weighted by atomic mass is 35.5. The first-order valence-electron chi connectivity index (χ1n) is 6.25. The fourth-order valence-corrected chi connectivity index (χ4v) is 2.57. The van der Waals surface area contributed by atoms with Gasteiger partial charge in [-0.05, 0) is 37.1 Å². The summed E-state index contributed by atoms with van der Waals surface area (Å²) in [4.78, 5) is 0. The summed E-state index contributed by atoms with van der Waals surface area (Å²) in [5.41, 5.74) is 1.26. The van der Waals surface area contributed by atoms with Crippen LogP contribution in [0.2, 0.25) is 5.02 Å². The third-order valence-corrected chi connectivity index (χ3v) is 4.03. The third kappa shape index (κ3) is 2.93. The predicted octanol–water partition coefficient (Wildman–Crippen LogP) is 3.80. The van der Waals surface area contributed by atoms with E-state index in [4.69, 9.17) is 16.3 Å². The van der Waals surface area contributed by atoms with Gasteiger partial charge in [-0.25, -0.2) is 0 Å². The van der Waals surface area contributed by atoms with Crippen LogP contribution in [0.3, 0.4) is 0 Å². The SMILES string of the molecule is CNC(CC1CCC1)c1ccc(Cl)c(OC)c1. The van der Waals surface area contributed by atoms with Crippen LogP contribution in [0.25, 0.3) is 0 Å². The van der Waals surface area contributed by atoms with Crippen LogP contribution in [0.15, 0.2) is 18.2 Å². The fourth-order valence-electron chi connectivity index (χ4n) is 2.38. The van der Waals surface area contributed by atoms with E-state index in [0.717, 1.165) is 11.7 Å². The molecule has 1 aliphatic rings. The maximum atomic E-state index is 6.04. The molecule has 17 heavy (non-hydrogen) atoms. The van der Waals surface area contributed by atoms with Crippen LogP contribution >= 0.6 is 11.6 Å². The lowest BCUT2D eigenvalue weighted by Crippen LogP contribution is -2.23. The zero-order chi connectivity index (χ0) is 12.3. The van der Waals surface area contributed by atoms with Gasteiger partial charge in [0.1, 0.15) is 5.75 Å². The van der Waals surface area contributed by atoms with E-state index < -0.39 is 0 Å². The van der Waals surface area contributed by atoms with Gasteiger partial charge in [-0.3, -0.25) is 0 Å². The number of ether oxygens (including phenoxy) is 1. The number of nitrogens with one attached hydrogen (secondary N) is 1. The molecule has 0 saturated heterocycles. The number of hydrogen-bond donors (Lipinski definition) is 1. The standard InChI is InChI=1S/C14H20ClNO/c1-16-13(8-10-4-3-5-10)11-6-7-12(15)14(9-11)17-2/h6-7,9-10,13,16H,3-5,8H2,1-2H3. The topological polar surface area (TPSA) is 21.3 Å². The molecule has 0 heterocycles. The Morgan fingerprint density at radius 3 is 2.76 bits per heavy atom. The van der Waals surface area contributed by atoms with E-state index in [9.17, 15) is 0 Å². The molecule has 94 valence electrons. The van der Waals surface area contributed by atoms with Crippen LogP contribution in [0.5, 0.6) is 5.75 Å². The molecule has 0 aromatic heterocycles. The first-order chi connectivity index (χ1) is 8.24. The maximum absolute atomic E-state index is 6.04. The average molecular weight is 254 g/mol. The Balaban J connectivity index is 2.11. The maximum Gasteiger partial charge on any atom is 0.137 e. The molecule has 1 aromatic rings. The van der Waals surface area contributed by atoms with Crippen molar-refractivity contribution in [1.29, 1.82) is 0 Å². The van der Waals surface area contributed by atoms with E-state index in [2.05, 4.69) is 11.4 Å². The number of hydrogen-bond acceptors (Lipinski definition) is 2. The highest BCUT2D eigenvalue weighted by Gasteiger charge is 2.22. The van der Waals surface area contributed by atoms with E-state index in [-0.39, 0.29) is 0 Å². The molecule has 3 heteroatoms. The van der Waals surface area contributed by atoms with Crippen LogP contribution in [-0.4, -0.2) is 14.2 Å². The Hall–Kier alpha value is -0.730. The van der Waals surface area contributed by atoms with Gasteiger partial charge in [0.25, 0.3) is 0 Å². The van der Waals surface area contributed by atoms with Gasteiger partial charge in [0, 0.05) is 6.04 Å². The van der Waals surface area contributed by atoms with Crippen LogP contribution in [0.1, 0.15) is 37.3 Å². The average Bonchev–Trinajstić information content (AvgIpc) is 2.29. The fraction of sp³-hybridized carbons (Fsp3) is 0.571. The van der Waals surface area contributed by atoms with Crippen molar-refractivity contribution in [2.24, 2.45) is 5.92 Å². The number of methoxy groups -OCH3 is 1. The molecule has 1 unspecified atom stereocenters. The molecule has 1 saturated carbocycles. The first-order valence-corrected chi connectivity index (χ1v) is 6.63. The van der Waals surface area contributed by atoms with Gasteiger partial charge >= 0.3 is 0 Å². The smallest absolute Gasteiger partial charge is 0.137 e. The zero-order valence-corrected chi connectivity index (χ0v) is 11.3. The Kier molecular flexibility index (Phi) is 4.30. The summed E-state index contributed by atoms with van der Waals surface area (Å²) in [5, 5.41) is 4.07. The summed E-state index contributed by atoms with van der Waals surface area (Å²) < 4.78 is 5.27. The summed E-state index contributed by atoms with van der Waals surface area (Å²) in [5.74, 6) is 1.65. The quantitative estimate of drug-likeness (QED) is 0.862. The second-order valence-electron chi connectivity index (χ2n) is 4.77. The summed E-state index contributed by atoms with van der Waals surface area (Å²) in [6.45, 7) is 0. The van der Waals surface area contributed by atoms with Crippen LogP contribution in [-0.2, 0) is 0 Å². The Bertz CT molecular complexity index is 376. The minimum Gasteiger partial charge on any atom is -0.495 e. The normalized spacial score (nSPS) is 17.6. The van der Waals surface area contributed by atoms with Gasteiger partial charge in [0.2, 0.25) is 0 Å². The summed E-state index contributed by atoms with van der Waals surface area (Å²) in [6.07, 6.45) is 5.36. The molecule has 1 N–H and O–H groups in total. The van der Waals surface area contributed by atoms with Crippen molar-refractivity contribution in [2.75, 3.05) is 14.2 Å². The van der Waals surface area contributed by atoms with E-state index in [1.807, 2.05) is 19.2 Å². The lowest BCUT2D eigenvalue weighted by atomic mass is 9.79. The monoisotopic (exact) mass is 253 g/mol. The van der Waals surface area contributed by atoms with Gasteiger partial charge in [0.15, 0.2) is 0 Å². The van der Waals surface area contributed by atoms with Crippen molar-refractivity contribution >= 4 is 11.6 Å². The van der Waals surface area contributed by atoms with E-state index in [0.29, 0.717) is 11.1 Å². The lowest BCUT2D eigenvalue weighted by molar-refractivity contribution is 0.265. The van der Waals surface area contributed by atoms with Gasteiger partial charge < -0.3 is 10.1 Å². The van der Waals surface area contributed by atoms with Crippen molar-refractivity contribution in [3.05, 3.63) is 28.8 Å². The van der Waals surface area contributed by atoms with Crippen LogP contribution in [0, 0.1) is 5.92 Å².